The van der Waals surface area contributed by atoms with Crippen LogP contribution in [0.2, 0.25) is 0 Å². The number of benzene rings is 1. The van der Waals surface area contributed by atoms with Gasteiger partial charge in [0.1, 0.15) is 11.9 Å². The summed E-state index contributed by atoms with van der Waals surface area (Å²) in [4.78, 5) is 22.1. The zero-order chi connectivity index (χ0) is 17.6. The molecule has 3 rings (SSSR count). The smallest absolute Gasteiger partial charge is 0.322 e. The summed E-state index contributed by atoms with van der Waals surface area (Å²) in [5.41, 5.74) is 0.158. The highest BCUT2D eigenvalue weighted by Gasteiger charge is 2.26. The minimum Gasteiger partial charge on any atom is -0.477 e. The molecule has 1 unspecified atom stereocenters. The van der Waals surface area contributed by atoms with E-state index in [9.17, 15) is 9.18 Å². The molecule has 8 heteroatoms. The minimum absolute atomic E-state index is 0.158. The van der Waals surface area contributed by atoms with Crippen molar-refractivity contribution in [2.75, 3.05) is 25.5 Å². The van der Waals surface area contributed by atoms with Gasteiger partial charge >= 0.3 is 6.03 Å². The van der Waals surface area contributed by atoms with E-state index in [4.69, 9.17) is 9.47 Å². The molecule has 1 aromatic carbocycles. The Morgan fingerprint density at radius 3 is 2.80 bits per heavy atom. The van der Waals surface area contributed by atoms with Gasteiger partial charge in [0.05, 0.1) is 19.3 Å². The summed E-state index contributed by atoms with van der Waals surface area (Å²) in [6.07, 6.45) is 4.36. The van der Waals surface area contributed by atoms with Crippen LogP contribution in [0, 0.1) is 5.82 Å². The number of hydrogen-bond acceptors (Lipinski definition) is 5. The average Bonchev–Trinajstić information content (AvgIpc) is 2.64. The molecular formula is C17H19FN4O3. The zero-order valence-electron chi connectivity index (χ0n) is 13.8. The van der Waals surface area contributed by atoms with Crippen LogP contribution in [0.4, 0.5) is 14.9 Å². The summed E-state index contributed by atoms with van der Waals surface area (Å²) in [6.45, 7) is 0.956. The molecule has 0 saturated carbocycles. The van der Waals surface area contributed by atoms with E-state index in [0.717, 1.165) is 12.8 Å². The van der Waals surface area contributed by atoms with Crippen LogP contribution in [0.3, 0.4) is 0 Å². The van der Waals surface area contributed by atoms with E-state index in [2.05, 4.69) is 15.3 Å². The third kappa shape index (κ3) is 4.14. The first-order valence-electron chi connectivity index (χ1n) is 7.99. The Kier molecular flexibility index (Phi) is 5.27. The number of carbonyl (C=O) groups excluding carboxylic acids is 1. The first-order valence-corrected chi connectivity index (χ1v) is 7.99. The summed E-state index contributed by atoms with van der Waals surface area (Å²) < 4.78 is 24.6. The van der Waals surface area contributed by atoms with Crippen LogP contribution in [-0.4, -0.2) is 47.2 Å². The van der Waals surface area contributed by atoms with Gasteiger partial charge in [-0.3, -0.25) is 0 Å². The maximum absolute atomic E-state index is 13.7. The largest absolute Gasteiger partial charge is 0.477 e. The van der Waals surface area contributed by atoms with E-state index in [1.165, 1.54) is 31.6 Å². The maximum Gasteiger partial charge on any atom is 0.322 e. The number of aromatic nitrogens is 2. The van der Waals surface area contributed by atoms with E-state index in [1.807, 2.05) is 0 Å². The van der Waals surface area contributed by atoms with Gasteiger partial charge in [-0.2, -0.15) is 0 Å². The molecule has 2 heterocycles. The van der Waals surface area contributed by atoms with Crippen LogP contribution < -0.4 is 14.8 Å². The monoisotopic (exact) mass is 346 g/mol. The maximum atomic E-state index is 13.7. The molecular weight excluding hydrogens is 327 g/mol. The SMILES string of the molecule is COc1nccnc1OC1CCCN(C(=O)Nc2ccccc2F)C1. The van der Waals surface area contributed by atoms with Gasteiger partial charge in [-0.05, 0) is 25.0 Å². The number of para-hydroxylation sites is 1. The molecule has 1 atom stereocenters. The highest BCUT2D eigenvalue weighted by Crippen LogP contribution is 2.24. The first-order chi connectivity index (χ1) is 12.2. The standard InChI is InChI=1S/C17H19FN4O3/c1-24-15-16(20-9-8-19-15)25-12-5-4-10-22(11-12)17(23)21-14-7-3-2-6-13(14)18/h2-3,6-9,12H,4-5,10-11H2,1H3,(H,21,23). The van der Waals surface area contributed by atoms with Crippen molar-refractivity contribution in [1.29, 1.82) is 0 Å². The molecule has 1 N–H and O–H groups in total. The number of hydrogen-bond donors (Lipinski definition) is 1. The lowest BCUT2D eigenvalue weighted by molar-refractivity contribution is 0.0988. The Bertz CT molecular complexity index is 743. The van der Waals surface area contributed by atoms with Crippen molar-refractivity contribution in [2.24, 2.45) is 0 Å². The number of nitrogens with zero attached hydrogens (tertiary/aromatic N) is 3. The lowest BCUT2D eigenvalue weighted by atomic mass is 10.1. The summed E-state index contributed by atoms with van der Waals surface area (Å²) >= 11 is 0. The molecule has 1 saturated heterocycles. The molecule has 0 radical (unpaired) electrons. The second-order valence-corrected chi connectivity index (χ2v) is 5.61. The lowest BCUT2D eigenvalue weighted by Crippen LogP contribution is -2.46. The number of methoxy groups -OCH3 is 1. The number of piperidine rings is 1. The van der Waals surface area contributed by atoms with Crippen LogP contribution in [0.5, 0.6) is 11.8 Å². The molecule has 25 heavy (non-hydrogen) atoms. The number of ether oxygens (including phenoxy) is 2. The molecule has 7 nitrogen and oxygen atoms in total. The van der Waals surface area contributed by atoms with Gasteiger partial charge in [-0.15, -0.1) is 0 Å². The fourth-order valence-electron chi connectivity index (χ4n) is 2.67. The van der Waals surface area contributed by atoms with Crippen molar-refractivity contribution >= 4 is 11.7 Å². The van der Waals surface area contributed by atoms with E-state index in [0.29, 0.717) is 24.8 Å². The Balaban J connectivity index is 1.63. The number of halogens is 1. The average molecular weight is 346 g/mol. The molecule has 132 valence electrons. The molecule has 1 aliphatic rings. The molecule has 2 aromatic rings. The van der Waals surface area contributed by atoms with Gasteiger partial charge in [-0.1, -0.05) is 12.1 Å². The summed E-state index contributed by atoms with van der Waals surface area (Å²) in [5.74, 6) is 0.131. The van der Waals surface area contributed by atoms with Crippen molar-refractivity contribution in [3.05, 3.63) is 42.5 Å². The van der Waals surface area contributed by atoms with Gasteiger partial charge in [0, 0.05) is 18.9 Å². The van der Waals surface area contributed by atoms with Crippen molar-refractivity contribution in [2.45, 2.75) is 18.9 Å². The molecule has 1 aromatic heterocycles. The second kappa shape index (κ2) is 7.78. The van der Waals surface area contributed by atoms with Gasteiger partial charge in [0.2, 0.25) is 0 Å². The summed E-state index contributed by atoms with van der Waals surface area (Å²) in [7, 11) is 1.49. The number of likely N-dealkylation sites (tertiary alicyclic amines) is 1. The van der Waals surface area contributed by atoms with Gasteiger partial charge in [0.25, 0.3) is 11.8 Å². The highest BCUT2D eigenvalue weighted by atomic mass is 19.1. The number of urea groups is 1. The molecule has 1 aliphatic heterocycles. The third-order valence-electron chi connectivity index (χ3n) is 3.89. The Labute approximate surface area is 144 Å². The zero-order valence-corrected chi connectivity index (χ0v) is 13.8. The quantitative estimate of drug-likeness (QED) is 0.921. The lowest BCUT2D eigenvalue weighted by Gasteiger charge is -2.32. The summed E-state index contributed by atoms with van der Waals surface area (Å²) in [6, 6.07) is 5.71. The fourth-order valence-corrected chi connectivity index (χ4v) is 2.67. The van der Waals surface area contributed by atoms with Crippen LogP contribution in [0.15, 0.2) is 36.7 Å². The van der Waals surface area contributed by atoms with E-state index in [1.54, 1.807) is 17.0 Å². The predicted octanol–water partition coefficient (Wildman–Crippen LogP) is 2.70. The highest BCUT2D eigenvalue weighted by molar-refractivity contribution is 5.89. The van der Waals surface area contributed by atoms with Gasteiger partial charge in [-0.25, -0.2) is 19.2 Å². The van der Waals surface area contributed by atoms with Crippen molar-refractivity contribution in [3.8, 4) is 11.8 Å². The topological polar surface area (TPSA) is 76.6 Å². The molecule has 1 fully saturated rings. The van der Waals surface area contributed by atoms with E-state index < -0.39 is 5.82 Å². The van der Waals surface area contributed by atoms with Crippen molar-refractivity contribution in [1.82, 2.24) is 14.9 Å². The molecule has 0 bridgehead atoms. The Morgan fingerprint density at radius 1 is 1.28 bits per heavy atom. The number of amides is 2. The van der Waals surface area contributed by atoms with Crippen molar-refractivity contribution < 1.29 is 18.7 Å². The van der Waals surface area contributed by atoms with Gasteiger partial charge < -0.3 is 19.7 Å². The summed E-state index contributed by atoms with van der Waals surface area (Å²) in [5, 5.41) is 2.59. The molecule has 0 aliphatic carbocycles. The number of anilines is 1. The van der Waals surface area contributed by atoms with Crippen LogP contribution in [0.1, 0.15) is 12.8 Å². The fraction of sp³-hybridized carbons (Fsp3) is 0.353. The van der Waals surface area contributed by atoms with E-state index in [-0.39, 0.29) is 17.8 Å². The Hall–Kier alpha value is -2.90. The predicted molar refractivity (Wildman–Crippen MR) is 89.2 cm³/mol. The van der Waals surface area contributed by atoms with Crippen molar-refractivity contribution in [3.63, 3.8) is 0 Å². The second-order valence-electron chi connectivity index (χ2n) is 5.61. The van der Waals surface area contributed by atoms with Crippen LogP contribution in [0.25, 0.3) is 0 Å². The number of carbonyl (C=O) groups is 1. The minimum atomic E-state index is -0.468. The van der Waals surface area contributed by atoms with E-state index >= 15 is 0 Å². The number of rotatable bonds is 4. The first kappa shape index (κ1) is 16.9. The molecule has 2 amide bonds. The normalized spacial score (nSPS) is 17.0. The number of nitrogens with one attached hydrogen (secondary N) is 1. The van der Waals surface area contributed by atoms with Crippen LogP contribution in [-0.2, 0) is 0 Å². The third-order valence-corrected chi connectivity index (χ3v) is 3.89. The Morgan fingerprint density at radius 2 is 2.04 bits per heavy atom. The van der Waals surface area contributed by atoms with Crippen LogP contribution >= 0.6 is 0 Å². The van der Waals surface area contributed by atoms with Gasteiger partial charge in [0.15, 0.2) is 0 Å². The molecule has 0 spiro atoms.